The molecule has 1 atom stereocenters. The number of hydrogen-bond donors (Lipinski definition) is 2. The van der Waals surface area contributed by atoms with E-state index in [2.05, 4.69) is 20.8 Å². The number of hydrogen-bond acceptors (Lipinski definition) is 4. The van der Waals surface area contributed by atoms with Crippen LogP contribution in [-0.4, -0.2) is 26.4 Å². The van der Waals surface area contributed by atoms with Crippen molar-refractivity contribution in [3.63, 3.8) is 0 Å². The smallest absolute Gasteiger partial charge is 0.227 e. The van der Waals surface area contributed by atoms with Crippen molar-refractivity contribution in [1.82, 2.24) is 14.6 Å². The Labute approximate surface area is 144 Å². The molecule has 0 radical (unpaired) electrons. The van der Waals surface area contributed by atoms with Gasteiger partial charge in [0.1, 0.15) is 6.33 Å². The number of nitrogens with one attached hydrogen (secondary N) is 2. The van der Waals surface area contributed by atoms with Gasteiger partial charge in [0.15, 0.2) is 5.65 Å². The number of nitrogens with zero attached hydrogens (tertiary/aromatic N) is 3. The van der Waals surface area contributed by atoms with E-state index in [-0.39, 0.29) is 17.7 Å². The maximum atomic E-state index is 12.2. The second-order valence-corrected chi connectivity index (χ2v) is 6.15. The van der Waals surface area contributed by atoms with E-state index in [0.717, 1.165) is 16.9 Å². The summed E-state index contributed by atoms with van der Waals surface area (Å²) in [6.45, 7) is 0. The topological polar surface area (TPSA) is 88.4 Å². The summed E-state index contributed by atoms with van der Waals surface area (Å²) in [5.41, 5.74) is 3.38. The van der Waals surface area contributed by atoms with E-state index in [0.29, 0.717) is 24.9 Å². The molecule has 1 aliphatic heterocycles. The zero-order chi connectivity index (χ0) is 17.2. The first-order valence-electron chi connectivity index (χ1n) is 8.17. The first kappa shape index (κ1) is 15.3. The SMILES string of the molecule is O=C(CC[C@H]1Cc2ccccc2NC1=O)Nc1ccc2nncn2c1. The molecular formula is C18H17N5O2. The maximum Gasteiger partial charge on any atom is 0.227 e. The molecule has 2 aromatic heterocycles. The van der Waals surface area contributed by atoms with Gasteiger partial charge in [0.25, 0.3) is 0 Å². The summed E-state index contributed by atoms with van der Waals surface area (Å²) in [6, 6.07) is 11.3. The molecule has 3 heterocycles. The van der Waals surface area contributed by atoms with Crippen LogP contribution in [0, 0.1) is 5.92 Å². The zero-order valence-corrected chi connectivity index (χ0v) is 13.5. The molecule has 0 aliphatic carbocycles. The lowest BCUT2D eigenvalue weighted by Crippen LogP contribution is -2.30. The van der Waals surface area contributed by atoms with E-state index >= 15 is 0 Å². The van der Waals surface area contributed by atoms with Crippen LogP contribution in [0.15, 0.2) is 48.9 Å². The summed E-state index contributed by atoms with van der Waals surface area (Å²) in [5.74, 6) is -0.308. The second kappa shape index (κ2) is 6.35. The Hall–Kier alpha value is -3.22. The third-order valence-corrected chi connectivity index (χ3v) is 4.41. The van der Waals surface area contributed by atoms with Gasteiger partial charge in [-0.1, -0.05) is 18.2 Å². The van der Waals surface area contributed by atoms with Crippen LogP contribution >= 0.6 is 0 Å². The van der Waals surface area contributed by atoms with Crippen molar-refractivity contribution in [2.45, 2.75) is 19.3 Å². The predicted octanol–water partition coefficient (Wildman–Crippen LogP) is 2.26. The molecule has 0 spiro atoms. The number of pyridine rings is 1. The summed E-state index contributed by atoms with van der Waals surface area (Å²) >= 11 is 0. The number of carbonyl (C=O) groups excluding carboxylic acids is 2. The lowest BCUT2D eigenvalue weighted by molar-refractivity contribution is -0.121. The summed E-state index contributed by atoms with van der Waals surface area (Å²) in [4.78, 5) is 24.4. The fourth-order valence-electron chi connectivity index (χ4n) is 3.08. The maximum absolute atomic E-state index is 12.2. The van der Waals surface area contributed by atoms with Gasteiger partial charge in [-0.2, -0.15) is 0 Å². The van der Waals surface area contributed by atoms with Crippen LogP contribution in [0.4, 0.5) is 11.4 Å². The second-order valence-electron chi connectivity index (χ2n) is 6.15. The molecular weight excluding hydrogens is 318 g/mol. The highest BCUT2D eigenvalue weighted by Gasteiger charge is 2.26. The summed E-state index contributed by atoms with van der Waals surface area (Å²) < 4.78 is 1.74. The van der Waals surface area contributed by atoms with Crippen molar-refractivity contribution in [3.8, 4) is 0 Å². The molecule has 1 aliphatic rings. The van der Waals surface area contributed by atoms with Crippen LogP contribution in [-0.2, 0) is 16.0 Å². The van der Waals surface area contributed by atoms with E-state index in [9.17, 15) is 9.59 Å². The highest BCUT2D eigenvalue weighted by atomic mass is 16.2. The van der Waals surface area contributed by atoms with Crippen LogP contribution < -0.4 is 10.6 Å². The van der Waals surface area contributed by atoms with Gasteiger partial charge in [-0.15, -0.1) is 10.2 Å². The molecule has 0 fully saturated rings. The monoisotopic (exact) mass is 335 g/mol. The minimum absolute atomic E-state index is 0.0163. The van der Waals surface area contributed by atoms with Crippen molar-refractivity contribution in [3.05, 3.63) is 54.5 Å². The molecule has 7 nitrogen and oxygen atoms in total. The third kappa shape index (κ3) is 3.21. The number of amides is 2. The van der Waals surface area contributed by atoms with Crippen LogP contribution in [0.1, 0.15) is 18.4 Å². The molecule has 4 rings (SSSR count). The molecule has 3 aromatic rings. The van der Waals surface area contributed by atoms with Crippen molar-refractivity contribution < 1.29 is 9.59 Å². The standard InChI is InChI=1S/C18H17N5O2/c24-17(20-14-6-7-16-22-19-11-23(16)10-14)8-5-13-9-12-3-1-2-4-15(12)21-18(13)25/h1-4,6-7,10-11,13H,5,8-9H2,(H,20,24)(H,21,25)/t13-/m0/s1. The zero-order valence-electron chi connectivity index (χ0n) is 13.5. The van der Waals surface area contributed by atoms with Gasteiger partial charge in [-0.3, -0.25) is 14.0 Å². The predicted molar refractivity (Wildman–Crippen MR) is 93.1 cm³/mol. The first-order valence-corrected chi connectivity index (χ1v) is 8.17. The molecule has 0 bridgehead atoms. The van der Waals surface area contributed by atoms with Crippen LogP contribution in [0.5, 0.6) is 0 Å². The molecule has 0 unspecified atom stereocenters. The average molecular weight is 335 g/mol. The number of fused-ring (bicyclic) bond motifs is 2. The quantitative estimate of drug-likeness (QED) is 0.765. The number of benzene rings is 1. The van der Waals surface area contributed by atoms with E-state index in [4.69, 9.17) is 0 Å². The van der Waals surface area contributed by atoms with Crippen LogP contribution in [0.2, 0.25) is 0 Å². The number of aromatic nitrogens is 3. The molecule has 126 valence electrons. The van der Waals surface area contributed by atoms with E-state index in [1.807, 2.05) is 24.3 Å². The number of rotatable bonds is 4. The Morgan fingerprint density at radius 1 is 1.28 bits per heavy atom. The Morgan fingerprint density at radius 2 is 2.16 bits per heavy atom. The minimum Gasteiger partial charge on any atom is -0.326 e. The Bertz CT molecular complexity index is 949. The van der Waals surface area contributed by atoms with Gasteiger partial charge >= 0.3 is 0 Å². The number of carbonyl (C=O) groups is 2. The van der Waals surface area contributed by atoms with Crippen molar-refractivity contribution >= 4 is 28.8 Å². The Balaban J connectivity index is 1.36. The van der Waals surface area contributed by atoms with Crippen molar-refractivity contribution in [2.75, 3.05) is 10.6 Å². The molecule has 7 heteroatoms. The molecule has 25 heavy (non-hydrogen) atoms. The normalized spacial score (nSPS) is 16.3. The van der Waals surface area contributed by atoms with Crippen LogP contribution in [0.25, 0.3) is 5.65 Å². The van der Waals surface area contributed by atoms with E-state index in [1.54, 1.807) is 29.1 Å². The first-order chi connectivity index (χ1) is 12.2. The minimum atomic E-state index is -0.180. The summed E-state index contributed by atoms with van der Waals surface area (Å²) in [5, 5.41) is 13.5. The van der Waals surface area contributed by atoms with Crippen molar-refractivity contribution in [2.24, 2.45) is 5.92 Å². The van der Waals surface area contributed by atoms with Crippen LogP contribution in [0.3, 0.4) is 0 Å². The van der Waals surface area contributed by atoms with Gasteiger partial charge < -0.3 is 10.6 Å². The van der Waals surface area contributed by atoms with Gasteiger partial charge in [0, 0.05) is 24.2 Å². The van der Waals surface area contributed by atoms with Gasteiger partial charge in [-0.25, -0.2) is 0 Å². The third-order valence-electron chi connectivity index (χ3n) is 4.41. The van der Waals surface area contributed by atoms with Gasteiger partial charge in [0.05, 0.1) is 5.69 Å². The lowest BCUT2D eigenvalue weighted by Gasteiger charge is -2.24. The number of anilines is 2. The van der Waals surface area contributed by atoms with E-state index < -0.39 is 0 Å². The Morgan fingerprint density at radius 3 is 3.08 bits per heavy atom. The van der Waals surface area contributed by atoms with Gasteiger partial charge in [-0.05, 0) is 36.6 Å². The fourth-order valence-corrected chi connectivity index (χ4v) is 3.08. The highest BCUT2D eigenvalue weighted by Crippen LogP contribution is 2.27. The molecule has 1 aromatic carbocycles. The number of para-hydroxylation sites is 1. The lowest BCUT2D eigenvalue weighted by atomic mass is 9.89. The highest BCUT2D eigenvalue weighted by molar-refractivity contribution is 5.96. The van der Waals surface area contributed by atoms with Crippen molar-refractivity contribution in [1.29, 1.82) is 0 Å². The molecule has 0 saturated carbocycles. The van der Waals surface area contributed by atoms with Gasteiger partial charge in [0.2, 0.25) is 11.8 Å². The summed E-state index contributed by atoms with van der Waals surface area (Å²) in [7, 11) is 0. The molecule has 2 N–H and O–H groups in total. The van der Waals surface area contributed by atoms with E-state index in [1.165, 1.54) is 0 Å². The fraction of sp³-hybridized carbons (Fsp3) is 0.222. The Kier molecular flexibility index (Phi) is 3.89. The summed E-state index contributed by atoms with van der Waals surface area (Å²) in [6.07, 6.45) is 4.81. The molecule has 2 amide bonds. The largest absolute Gasteiger partial charge is 0.326 e. The molecule has 0 saturated heterocycles. The average Bonchev–Trinajstić information content (AvgIpc) is 3.07.